The van der Waals surface area contributed by atoms with Crippen LogP contribution in [-0.4, -0.2) is 20.5 Å². The molecule has 3 aromatic rings. The van der Waals surface area contributed by atoms with Gasteiger partial charge in [0.2, 0.25) is 10.0 Å². The predicted molar refractivity (Wildman–Crippen MR) is 101 cm³/mol. The number of hydrogen-bond donors (Lipinski definition) is 2. The average molecular weight is 421 g/mol. The molecule has 0 aliphatic carbocycles. The van der Waals surface area contributed by atoms with Crippen molar-refractivity contribution in [3.63, 3.8) is 0 Å². The molecule has 2 N–H and O–H groups in total. The summed E-state index contributed by atoms with van der Waals surface area (Å²) in [6.07, 6.45) is 1.78. The van der Waals surface area contributed by atoms with Gasteiger partial charge in [-0.15, -0.1) is 0 Å². The van der Waals surface area contributed by atoms with Crippen LogP contribution >= 0.6 is 15.9 Å². The second-order valence-electron chi connectivity index (χ2n) is 5.40. The van der Waals surface area contributed by atoms with Crippen LogP contribution in [-0.2, 0) is 16.6 Å². The smallest absolute Gasteiger partial charge is 0.240 e. The van der Waals surface area contributed by atoms with Crippen molar-refractivity contribution in [3.8, 4) is 17.0 Å². The maximum absolute atomic E-state index is 12.6. The Hall–Kier alpha value is -2.09. The third-order valence-electron chi connectivity index (χ3n) is 3.75. The summed E-state index contributed by atoms with van der Waals surface area (Å²) in [5.41, 5.74) is 2.37. The minimum absolute atomic E-state index is 0.190. The second-order valence-corrected chi connectivity index (χ2v) is 8.08. The molecule has 0 aliphatic heterocycles. The van der Waals surface area contributed by atoms with Crippen LogP contribution in [0.4, 0.5) is 0 Å². The van der Waals surface area contributed by atoms with Crippen LogP contribution in [0.15, 0.2) is 70.2 Å². The number of methoxy groups -OCH3 is 1. The summed E-state index contributed by atoms with van der Waals surface area (Å²) in [7, 11) is -2.08. The van der Waals surface area contributed by atoms with Crippen LogP contribution in [0, 0.1) is 0 Å². The summed E-state index contributed by atoms with van der Waals surface area (Å²) in [4.78, 5) is 3.26. The normalized spacial score (nSPS) is 11.4. The topological polar surface area (TPSA) is 71.2 Å². The molecule has 7 heteroatoms. The molecule has 130 valence electrons. The Morgan fingerprint density at radius 1 is 1.12 bits per heavy atom. The van der Waals surface area contributed by atoms with Gasteiger partial charge in [0.05, 0.1) is 12.0 Å². The van der Waals surface area contributed by atoms with E-state index in [1.807, 2.05) is 36.4 Å². The van der Waals surface area contributed by atoms with E-state index in [9.17, 15) is 8.42 Å². The molecule has 1 aromatic heterocycles. The van der Waals surface area contributed by atoms with Gasteiger partial charge >= 0.3 is 0 Å². The van der Waals surface area contributed by atoms with E-state index in [4.69, 9.17) is 4.74 Å². The van der Waals surface area contributed by atoms with E-state index in [1.54, 1.807) is 25.4 Å². The Balaban J connectivity index is 1.87. The molecule has 0 bridgehead atoms. The van der Waals surface area contributed by atoms with Crippen molar-refractivity contribution in [2.75, 3.05) is 7.11 Å². The van der Waals surface area contributed by atoms with E-state index < -0.39 is 10.0 Å². The van der Waals surface area contributed by atoms with Crippen molar-refractivity contribution in [1.29, 1.82) is 0 Å². The summed E-state index contributed by atoms with van der Waals surface area (Å²) in [5.74, 6) is 0.606. The van der Waals surface area contributed by atoms with Crippen LogP contribution in [0.5, 0.6) is 5.75 Å². The van der Waals surface area contributed by atoms with Gasteiger partial charge in [0.1, 0.15) is 5.75 Å². The third-order valence-corrected chi connectivity index (χ3v) is 5.68. The number of benzene rings is 2. The van der Waals surface area contributed by atoms with Gasteiger partial charge < -0.3 is 9.72 Å². The van der Waals surface area contributed by atoms with Crippen LogP contribution in [0.3, 0.4) is 0 Å². The van der Waals surface area contributed by atoms with Gasteiger partial charge in [-0.25, -0.2) is 13.1 Å². The van der Waals surface area contributed by atoms with E-state index in [-0.39, 0.29) is 11.4 Å². The highest BCUT2D eigenvalue weighted by Crippen LogP contribution is 2.31. The van der Waals surface area contributed by atoms with Gasteiger partial charge in [-0.3, -0.25) is 0 Å². The zero-order chi connectivity index (χ0) is 17.9. The minimum Gasteiger partial charge on any atom is -0.496 e. The molecule has 0 radical (unpaired) electrons. The number of hydrogen-bond acceptors (Lipinski definition) is 3. The molecule has 0 aliphatic rings. The molecule has 0 fully saturated rings. The molecule has 0 unspecified atom stereocenters. The van der Waals surface area contributed by atoms with Crippen LogP contribution in [0.2, 0.25) is 0 Å². The molecule has 0 atom stereocenters. The molecule has 0 amide bonds. The molecule has 0 saturated heterocycles. The Morgan fingerprint density at radius 3 is 2.52 bits per heavy atom. The van der Waals surface area contributed by atoms with Crippen molar-refractivity contribution < 1.29 is 13.2 Å². The largest absolute Gasteiger partial charge is 0.496 e. The zero-order valence-corrected chi connectivity index (χ0v) is 15.9. The average Bonchev–Trinajstić information content (AvgIpc) is 3.15. The second kappa shape index (κ2) is 7.43. The minimum atomic E-state index is -3.64. The highest BCUT2D eigenvalue weighted by molar-refractivity contribution is 9.10. The van der Waals surface area contributed by atoms with Gasteiger partial charge in [0, 0.05) is 28.5 Å². The molecule has 3 rings (SSSR count). The first-order chi connectivity index (χ1) is 12.0. The summed E-state index contributed by atoms with van der Waals surface area (Å²) < 4.78 is 34.2. The Kier molecular flexibility index (Phi) is 5.27. The first-order valence-electron chi connectivity index (χ1n) is 7.55. The fraction of sp³-hybridized carbons (Fsp3) is 0.111. The Labute approximate surface area is 155 Å². The summed E-state index contributed by atoms with van der Waals surface area (Å²) in [6.45, 7) is 0.222. The van der Waals surface area contributed by atoms with Gasteiger partial charge in [0.25, 0.3) is 0 Å². The molecule has 25 heavy (non-hydrogen) atoms. The van der Waals surface area contributed by atoms with E-state index in [2.05, 4.69) is 25.6 Å². The number of nitrogens with one attached hydrogen (secondary N) is 2. The summed E-state index contributed by atoms with van der Waals surface area (Å²) in [5, 5.41) is 0. The molecule has 0 saturated carbocycles. The molecular formula is C18H17BrN2O3S. The number of H-pyrrole nitrogens is 1. The van der Waals surface area contributed by atoms with Crippen molar-refractivity contribution in [3.05, 3.63) is 70.8 Å². The van der Waals surface area contributed by atoms with Crippen molar-refractivity contribution >= 4 is 26.0 Å². The van der Waals surface area contributed by atoms with Gasteiger partial charge in [-0.05, 0) is 48.0 Å². The molecule has 1 heterocycles. The quantitative estimate of drug-likeness (QED) is 0.634. The monoisotopic (exact) mass is 420 g/mol. The first-order valence-corrected chi connectivity index (χ1v) is 9.83. The standard InChI is InChI=1S/C18H17BrN2O3S/c1-24-18-9-8-15(11-16(18)17-3-2-10-20-17)25(22,23)21-12-13-4-6-14(19)7-5-13/h2-11,20-21H,12H2,1H3. The first kappa shape index (κ1) is 17.7. The number of ether oxygens (including phenoxy) is 1. The fourth-order valence-electron chi connectivity index (χ4n) is 2.43. The highest BCUT2D eigenvalue weighted by Gasteiger charge is 2.17. The van der Waals surface area contributed by atoms with E-state index >= 15 is 0 Å². The summed E-state index contributed by atoms with van der Waals surface area (Å²) >= 11 is 3.36. The predicted octanol–water partition coefficient (Wildman–Crippen LogP) is 3.93. The van der Waals surface area contributed by atoms with Crippen molar-refractivity contribution in [1.82, 2.24) is 9.71 Å². The Morgan fingerprint density at radius 2 is 1.88 bits per heavy atom. The molecule has 2 aromatic carbocycles. The van der Waals surface area contributed by atoms with Gasteiger partial charge in [0.15, 0.2) is 0 Å². The van der Waals surface area contributed by atoms with Crippen LogP contribution < -0.4 is 9.46 Å². The van der Waals surface area contributed by atoms with Gasteiger partial charge in [-0.2, -0.15) is 0 Å². The van der Waals surface area contributed by atoms with Crippen molar-refractivity contribution in [2.45, 2.75) is 11.4 Å². The number of halogens is 1. The zero-order valence-electron chi connectivity index (χ0n) is 13.5. The highest BCUT2D eigenvalue weighted by atomic mass is 79.9. The fourth-order valence-corrected chi connectivity index (χ4v) is 3.73. The molecular weight excluding hydrogens is 404 g/mol. The number of aromatic nitrogens is 1. The van der Waals surface area contributed by atoms with Crippen molar-refractivity contribution in [2.24, 2.45) is 0 Å². The number of sulfonamides is 1. The van der Waals surface area contributed by atoms with Crippen LogP contribution in [0.1, 0.15) is 5.56 Å². The maximum Gasteiger partial charge on any atom is 0.240 e. The molecule has 0 spiro atoms. The molecule has 5 nitrogen and oxygen atoms in total. The number of aromatic amines is 1. The lowest BCUT2D eigenvalue weighted by atomic mass is 10.1. The van der Waals surface area contributed by atoms with E-state index in [0.29, 0.717) is 11.3 Å². The van der Waals surface area contributed by atoms with Crippen LogP contribution in [0.25, 0.3) is 11.3 Å². The van der Waals surface area contributed by atoms with E-state index in [0.717, 1.165) is 15.7 Å². The lowest BCUT2D eigenvalue weighted by molar-refractivity contribution is 0.416. The van der Waals surface area contributed by atoms with Gasteiger partial charge in [-0.1, -0.05) is 28.1 Å². The third kappa shape index (κ3) is 4.12. The summed E-state index contributed by atoms with van der Waals surface area (Å²) in [6, 6.07) is 16.0. The lowest BCUT2D eigenvalue weighted by Crippen LogP contribution is -2.23. The van der Waals surface area contributed by atoms with E-state index in [1.165, 1.54) is 6.07 Å². The number of rotatable bonds is 6. The SMILES string of the molecule is COc1ccc(S(=O)(=O)NCc2ccc(Br)cc2)cc1-c1ccc[nH]1. The Bertz CT molecular complexity index is 952. The maximum atomic E-state index is 12.6. The lowest BCUT2D eigenvalue weighted by Gasteiger charge is -2.11.